The van der Waals surface area contributed by atoms with Gasteiger partial charge >= 0.3 is 5.97 Å². The fourth-order valence-electron chi connectivity index (χ4n) is 3.64. The lowest BCUT2D eigenvalue weighted by molar-refractivity contribution is -0.121. The van der Waals surface area contributed by atoms with Gasteiger partial charge in [-0.3, -0.25) is 4.79 Å². The van der Waals surface area contributed by atoms with Gasteiger partial charge in [-0.25, -0.2) is 4.79 Å². The highest BCUT2D eigenvalue weighted by atomic mass is 16.5. The first-order chi connectivity index (χ1) is 15.5. The van der Waals surface area contributed by atoms with Gasteiger partial charge in [-0.05, 0) is 60.7 Å². The standard InChI is InChI=1S/C27H26N2O3/c1-20-15-21(2)17-24(16-20)29(14-8-13-28)26(30)19-32-27(31)25-12-7-6-11-23(25)18-22-9-4-3-5-10-22/h3-7,9-12,15-17H,8,14,18-19H2,1-2H3. The van der Waals surface area contributed by atoms with Gasteiger partial charge in [0.2, 0.25) is 0 Å². The molecule has 0 spiro atoms. The van der Waals surface area contributed by atoms with E-state index in [9.17, 15) is 9.59 Å². The van der Waals surface area contributed by atoms with Crippen molar-refractivity contribution in [3.8, 4) is 6.07 Å². The molecule has 32 heavy (non-hydrogen) atoms. The second-order valence-electron chi connectivity index (χ2n) is 7.70. The maximum absolute atomic E-state index is 12.9. The molecule has 3 rings (SSSR count). The highest BCUT2D eigenvalue weighted by Crippen LogP contribution is 2.20. The molecule has 0 N–H and O–H groups in total. The van der Waals surface area contributed by atoms with E-state index >= 15 is 0 Å². The number of anilines is 1. The molecule has 0 atom stereocenters. The number of carbonyl (C=O) groups is 2. The average molecular weight is 427 g/mol. The molecule has 0 unspecified atom stereocenters. The Morgan fingerprint density at radius 3 is 2.28 bits per heavy atom. The van der Waals surface area contributed by atoms with Crippen LogP contribution in [-0.4, -0.2) is 25.0 Å². The van der Waals surface area contributed by atoms with Gasteiger partial charge < -0.3 is 9.64 Å². The molecule has 0 fully saturated rings. The van der Waals surface area contributed by atoms with E-state index in [4.69, 9.17) is 10.00 Å². The molecule has 5 heteroatoms. The molecule has 162 valence electrons. The highest BCUT2D eigenvalue weighted by Gasteiger charge is 2.20. The Bertz CT molecular complexity index is 1110. The quantitative estimate of drug-likeness (QED) is 0.476. The van der Waals surface area contributed by atoms with Gasteiger partial charge in [0.25, 0.3) is 5.91 Å². The third-order valence-corrected chi connectivity index (χ3v) is 5.07. The number of rotatable bonds is 8. The van der Waals surface area contributed by atoms with Gasteiger partial charge in [-0.2, -0.15) is 5.26 Å². The Morgan fingerprint density at radius 1 is 0.938 bits per heavy atom. The van der Waals surface area contributed by atoms with Crippen LogP contribution < -0.4 is 4.90 Å². The normalized spacial score (nSPS) is 10.3. The van der Waals surface area contributed by atoms with E-state index in [0.717, 1.165) is 22.3 Å². The predicted octanol–water partition coefficient (Wildman–Crippen LogP) is 5.00. The molecule has 0 saturated heterocycles. The molecule has 0 heterocycles. The van der Waals surface area contributed by atoms with Crippen molar-refractivity contribution in [2.45, 2.75) is 26.7 Å². The number of ether oxygens (including phenoxy) is 1. The molecule has 1 amide bonds. The monoisotopic (exact) mass is 426 g/mol. The van der Waals surface area contributed by atoms with Crippen LogP contribution in [-0.2, 0) is 16.0 Å². The number of hydrogen-bond acceptors (Lipinski definition) is 4. The van der Waals surface area contributed by atoms with Crippen molar-refractivity contribution in [2.75, 3.05) is 18.1 Å². The van der Waals surface area contributed by atoms with Gasteiger partial charge in [0, 0.05) is 12.2 Å². The number of benzene rings is 3. The molecular weight excluding hydrogens is 400 g/mol. The maximum Gasteiger partial charge on any atom is 0.338 e. The van der Waals surface area contributed by atoms with Crippen LogP contribution in [0.3, 0.4) is 0 Å². The number of aryl methyl sites for hydroxylation is 2. The summed E-state index contributed by atoms with van der Waals surface area (Å²) in [5.41, 5.74) is 5.10. The maximum atomic E-state index is 12.9. The molecule has 0 aliphatic rings. The highest BCUT2D eigenvalue weighted by molar-refractivity contribution is 5.97. The van der Waals surface area contributed by atoms with Gasteiger partial charge in [0.15, 0.2) is 6.61 Å². The lowest BCUT2D eigenvalue weighted by atomic mass is 10.00. The number of carbonyl (C=O) groups excluding carboxylic acids is 2. The number of amides is 1. The zero-order valence-corrected chi connectivity index (χ0v) is 18.4. The fraction of sp³-hybridized carbons (Fsp3) is 0.222. The second kappa shape index (κ2) is 10.9. The predicted molar refractivity (Wildman–Crippen MR) is 124 cm³/mol. The Labute approximate surface area is 188 Å². The summed E-state index contributed by atoms with van der Waals surface area (Å²) in [6.07, 6.45) is 0.781. The van der Waals surface area contributed by atoms with Crippen LogP contribution in [0, 0.1) is 25.2 Å². The molecule has 0 aliphatic carbocycles. The molecule has 0 saturated carbocycles. The Morgan fingerprint density at radius 2 is 1.59 bits per heavy atom. The van der Waals surface area contributed by atoms with Gasteiger partial charge in [-0.1, -0.05) is 54.6 Å². The zero-order chi connectivity index (χ0) is 22.9. The molecule has 3 aromatic rings. The number of nitriles is 1. The molecule has 0 radical (unpaired) electrons. The van der Waals surface area contributed by atoms with Gasteiger partial charge in [-0.15, -0.1) is 0 Å². The smallest absolute Gasteiger partial charge is 0.338 e. The SMILES string of the molecule is Cc1cc(C)cc(N(CCC#N)C(=O)COC(=O)c2ccccc2Cc2ccccc2)c1. The Balaban J connectivity index is 1.73. The van der Waals surface area contributed by atoms with Gasteiger partial charge in [0.1, 0.15) is 0 Å². The third-order valence-electron chi connectivity index (χ3n) is 5.07. The van der Waals surface area contributed by atoms with E-state index in [0.29, 0.717) is 17.7 Å². The van der Waals surface area contributed by atoms with Crippen LogP contribution in [0.25, 0.3) is 0 Å². The van der Waals surface area contributed by atoms with Crippen molar-refractivity contribution >= 4 is 17.6 Å². The van der Waals surface area contributed by atoms with E-state index in [1.54, 1.807) is 12.1 Å². The Hall–Kier alpha value is -3.91. The fourth-order valence-corrected chi connectivity index (χ4v) is 3.64. The molecule has 0 bridgehead atoms. The minimum atomic E-state index is -0.537. The van der Waals surface area contributed by atoms with Crippen molar-refractivity contribution in [3.05, 3.63) is 101 Å². The van der Waals surface area contributed by atoms with Crippen LogP contribution in [0.2, 0.25) is 0 Å². The summed E-state index contributed by atoms with van der Waals surface area (Å²) in [4.78, 5) is 27.2. The van der Waals surface area contributed by atoms with Crippen molar-refractivity contribution < 1.29 is 14.3 Å². The first-order valence-electron chi connectivity index (χ1n) is 10.5. The summed E-state index contributed by atoms with van der Waals surface area (Å²) in [6, 6.07) is 25.0. The summed E-state index contributed by atoms with van der Waals surface area (Å²) in [5, 5.41) is 9.00. The molecule has 0 aliphatic heterocycles. The van der Waals surface area contributed by atoms with E-state index in [1.807, 2.05) is 74.5 Å². The minimum absolute atomic E-state index is 0.187. The summed E-state index contributed by atoms with van der Waals surface area (Å²) in [6.45, 7) is 3.75. The van der Waals surface area contributed by atoms with Crippen LogP contribution in [0.4, 0.5) is 5.69 Å². The minimum Gasteiger partial charge on any atom is -0.452 e. The molecule has 0 aromatic heterocycles. The van der Waals surface area contributed by atoms with E-state index < -0.39 is 12.6 Å². The van der Waals surface area contributed by atoms with Crippen LogP contribution in [0.5, 0.6) is 0 Å². The summed E-state index contributed by atoms with van der Waals surface area (Å²) in [7, 11) is 0. The van der Waals surface area contributed by atoms with Crippen LogP contribution in [0.15, 0.2) is 72.8 Å². The van der Waals surface area contributed by atoms with Crippen molar-refractivity contribution in [1.82, 2.24) is 0 Å². The summed E-state index contributed by atoms with van der Waals surface area (Å²) in [5.74, 6) is -0.898. The van der Waals surface area contributed by atoms with Crippen molar-refractivity contribution in [1.29, 1.82) is 5.26 Å². The summed E-state index contributed by atoms with van der Waals surface area (Å²) >= 11 is 0. The largest absolute Gasteiger partial charge is 0.452 e. The van der Waals surface area contributed by atoms with Crippen molar-refractivity contribution in [3.63, 3.8) is 0 Å². The Kier molecular flexibility index (Phi) is 7.77. The number of nitrogens with zero attached hydrogens (tertiary/aromatic N) is 2. The molecule has 3 aromatic carbocycles. The first-order valence-corrected chi connectivity index (χ1v) is 10.5. The van der Waals surface area contributed by atoms with E-state index in [1.165, 1.54) is 4.90 Å². The topological polar surface area (TPSA) is 70.4 Å². The zero-order valence-electron chi connectivity index (χ0n) is 18.4. The molecular formula is C27H26N2O3. The number of esters is 1. The summed E-state index contributed by atoms with van der Waals surface area (Å²) < 4.78 is 5.40. The third kappa shape index (κ3) is 6.05. The first kappa shape index (κ1) is 22.8. The van der Waals surface area contributed by atoms with Crippen LogP contribution >= 0.6 is 0 Å². The van der Waals surface area contributed by atoms with E-state index in [-0.39, 0.29) is 18.9 Å². The van der Waals surface area contributed by atoms with Gasteiger partial charge in [0.05, 0.1) is 18.1 Å². The second-order valence-corrected chi connectivity index (χ2v) is 7.70. The average Bonchev–Trinajstić information content (AvgIpc) is 2.78. The molecule has 5 nitrogen and oxygen atoms in total. The number of hydrogen-bond donors (Lipinski definition) is 0. The van der Waals surface area contributed by atoms with E-state index in [2.05, 4.69) is 6.07 Å². The lowest BCUT2D eigenvalue weighted by Crippen LogP contribution is -2.35. The van der Waals surface area contributed by atoms with Crippen molar-refractivity contribution in [2.24, 2.45) is 0 Å². The van der Waals surface area contributed by atoms with Crippen LogP contribution in [0.1, 0.15) is 39.0 Å². The lowest BCUT2D eigenvalue weighted by Gasteiger charge is -2.23.